The van der Waals surface area contributed by atoms with Crippen molar-refractivity contribution >= 4 is 154 Å². The van der Waals surface area contributed by atoms with Crippen LogP contribution in [0.5, 0.6) is 0 Å². The molecule has 0 spiro atoms. The molecule has 0 saturated carbocycles. The number of benzene rings is 13. The van der Waals surface area contributed by atoms with Crippen molar-refractivity contribution < 1.29 is 8.83 Å². The second-order valence-corrected chi connectivity index (χ2v) is 23.3. The number of furan rings is 2. The Morgan fingerprint density at radius 3 is 1.07 bits per heavy atom. The van der Waals surface area contributed by atoms with Gasteiger partial charge in [-0.3, -0.25) is 0 Å². The molecule has 402 valence electrons. The van der Waals surface area contributed by atoms with E-state index in [-0.39, 0.29) is 0 Å². The van der Waals surface area contributed by atoms with Crippen molar-refractivity contribution in [3.63, 3.8) is 0 Å². The lowest BCUT2D eigenvalue weighted by molar-refractivity contribution is 0.668. The van der Waals surface area contributed by atoms with Crippen LogP contribution in [0.3, 0.4) is 0 Å². The molecule has 0 N–H and O–H groups in total. The zero-order valence-electron chi connectivity index (χ0n) is 47.0. The van der Waals surface area contributed by atoms with Gasteiger partial charge >= 0.3 is 0 Å². The van der Waals surface area contributed by atoms with Crippen molar-refractivity contribution in [2.45, 2.75) is 13.8 Å². The minimum Gasteiger partial charge on any atom is -0.454 e. The van der Waals surface area contributed by atoms with E-state index in [1.165, 1.54) is 98.4 Å². The van der Waals surface area contributed by atoms with Crippen molar-refractivity contribution in [1.82, 2.24) is 8.80 Å². The summed E-state index contributed by atoms with van der Waals surface area (Å²) in [7, 11) is 0. The Labute approximate surface area is 493 Å². The van der Waals surface area contributed by atoms with Crippen LogP contribution in [0.25, 0.3) is 142 Å². The molecule has 0 saturated heterocycles. The van der Waals surface area contributed by atoms with Gasteiger partial charge in [0.25, 0.3) is 0 Å². The number of rotatable bonds is 8. The van der Waals surface area contributed by atoms with Crippen LogP contribution in [-0.2, 0) is 0 Å². The highest BCUT2D eigenvalue weighted by Crippen LogP contribution is 2.51. The first-order valence-corrected chi connectivity index (χ1v) is 29.6. The number of para-hydroxylation sites is 6. The molecule has 0 amide bonds. The molecular formula is C80H50N4O2. The predicted molar refractivity (Wildman–Crippen MR) is 360 cm³/mol. The quantitative estimate of drug-likeness (QED) is 0.152. The Balaban J connectivity index is 0.803. The lowest BCUT2D eigenvalue weighted by Gasteiger charge is -2.28. The Hall–Kier alpha value is -11.3. The van der Waals surface area contributed by atoms with Gasteiger partial charge in [0.15, 0.2) is 11.2 Å². The Kier molecular flexibility index (Phi) is 9.65. The van der Waals surface area contributed by atoms with Crippen LogP contribution < -0.4 is 9.80 Å². The molecule has 0 aliphatic carbocycles. The molecule has 0 aliphatic heterocycles. The lowest BCUT2D eigenvalue weighted by Crippen LogP contribution is -2.12. The summed E-state index contributed by atoms with van der Waals surface area (Å²) in [6.45, 7) is 4.43. The number of nitrogens with zero attached hydrogens (tertiary/aromatic N) is 4. The largest absolute Gasteiger partial charge is 0.454 e. The number of aromatic nitrogens is 2. The third-order valence-electron chi connectivity index (χ3n) is 18.6. The van der Waals surface area contributed by atoms with Crippen LogP contribution in [0.4, 0.5) is 34.1 Å². The van der Waals surface area contributed by atoms with Gasteiger partial charge in [0.05, 0.1) is 44.5 Å². The highest BCUT2D eigenvalue weighted by molar-refractivity contribution is 6.29. The smallest absolute Gasteiger partial charge is 0.159 e. The molecule has 13 aromatic carbocycles. The summed E-state index contributed by atoms with van der Waals surface area (Å²) in [5.74, 6) is 0. The topological polar surface area (TPSA) is 41.6 Å². The summed E-state index contributed by atoms with van der Waals surface area (Å²) in [6, 6.07) is 97.5. The third-order valence-corrected chi connectivity index (χ3v) is 18.6. The summed E-state index contributed by atoms with van der Waals surface area (Å²) in [4.78, 5) is 4.83. The van der Waals surface area contributed by atoms with Gasteiger partial charge in [-0.15, -0.1) is 0 Å². The van der Waals surface area contributed by atoms with Gasteiger partial charge in [-0.05, 0) is 132 Å². The van der Waals surface area contributed by atoms with Gasteiger partial charge in [0.1, 0.15) is 11.2 Å². The second kappa shape index (κ2) is 17.6. The molecule has 0 radical (unpaired) electrons. The molecule has 0 bridgehead atoms. The summed E-state index contributed by atoms with van der Waals surface area (Å²) >= 11 is 0. The number of anilines is 6. The maximum Gasteiger partial charge on any atom is 0.159 e. The minimum atomic E-state index is 0.860. The van der Waals surface area contributed by atoms with Gasteiger partial charge in [0.2, 0.25) is 0 Å². The molecule has 86 heavy (non-hydrogen) atoms. The molecule has 6 nitrogen and oxygen atoms in total. The maximum atomic E-state index is 6.82. The summed E-state index contributed by atoms with van der Waals surface area (Å²) < 4.78 is 18.7. The number of fused-ring (bicyclic) bond motifs is 18. The van der Waals surface area contributed by atoms with Crippen molar-refractivity contribution in [2.24, 2.45) is 0 Å². The Bertz CT molecular complexity index is 5630. The van der Waals surface area contributed by atoms with Gasteiger partial charge in [-0.1, -0.05) is 182 Å². The van der Waals surface area contributed by atoms with Crippen LogP contribution in [0.2, 0.25) is 0 Å². The van der Waals surface area contributed by atoms with Gasteiger partial charge < -0.3 is 27.4 Å². The molecule has 0 aliphatic rings. The zero-order valence-corrected chi connectivity index (χ0v) is 47.0. The van der Waals surface area contributed by atoms with Crippen LogP contribution >= 0.6 is 0 Å². The first kappa shape index (κ1) is 47.2. The van der Waals surface area contributed by atoms with E-state index in [0.29, 0.717) is 0 Å². The van der Waals surface area contributed by atoms with E-state index >= 15 is 0 Å². The van der Waals surface area contributed by atoms with E-state index in [9.17, 15) is 0 Å². The average molecular weight is 1100 g/mol. The summed E-state index contributed by atoms with van der Waals surface area (Å²) in [5.41, 5.74) is 24.0. The average Bonchev–Trinajstić information content (AvgIpc) is 1.70. The molecule has 0 atom stereocenters. The highest BCUT2D eigenvalue weighted by Gasteiger charge is 2.28. The van der Waals surface area contributed by atoms with E-state index in [1.807, 2.05) is 12.1 Å². The molecule has 19 aromatic rings. The summed E-state index contributed by atoms with van der Waals surface area (Å²) in [5, 5.41) is 14.2. The summed E-state index contributed by atoms with van der Waals surface area (Å²) in [6.07, 6.45) is 0. The minimum absolute atomic E-state index is 0.860. The Morgan fingerprint density at radius 2 is 0.628 bits per heavy atom. The van der Waals surface area contributed by atoms with Crippen LogP contribution in [0, 0.1) is 13.8 Å². The van der Waals surface area contributed by atoms with E-state index in [0.717, 1.165) is 89.1 Å². The molecule has 6 aromatic heterocycles. The molecule has 6 heterocycles. The van der Waals surface area contributed by atoms with Crippen LogP contribution in [-0.4, -0.2) is 8.80 Å². The van der Waals surface area contributed by atoms with Crippen molar-refractivity contribution in [3.8, 4) is 22.3 Å². The van der Waals surface area contributed by atoms with Crippen molar-refractivity contribution in [2.75, 3.05) is 9.80 Å². The SMILES string of the molecule is Cc1ccc(-c2ccccc2)cc1N(c1ccc2c(c1)c1cccc3c4cc5c(cc4n2c13)c1cccc2c3cc(N(c4cc(-c6ccccc6)ccc4C)c4cccc6c4oc4ccccc46)ccc3n5c21)c1cccc2c1oc1ccccc12. The number of aryl methyl sites for hydroxylation is 2. The third kappa shape index (κ3) is 6.55. The fourth-order valence-electron chi connectivity index (χ4n) is 14.7. The van der Waals surface area contributed by atoms with E-state index < -0.39 is 0 Å². The maximum absolute atomic E-state index is 6.82. The molecule has 6 heteroatoms. The molecular weight excluding hydrogens is 1050 g/mol. The molecule has 0 fully saturated rings. The van der Waals surface area contributed by atoms with Gasteiger partial charge in [0, 0.05) is 87.4 Å². The fraction of sp³-hybridized carbons (Fsp3) is 0.0250. The first-order valence-electron chi connectivity index (χ1n) is 29.6. The highest BCUT2D eigenvalue weighted by atomic mass is 16.3. The number of hydrogen-bond donors (Lipinski definition) is 0. The van der Waals surface area contributed by atoms with Crippen LogP contribution in [0.15, 0.2) is 276 Å². The van der Waals surface area contributed by atoms with E-state index in [4.69, 9.17) is 8.83 Å². The van der Waals surface area contributed by atoms with Gasteiger partial charge in [-0.2, -0.15) is 0 Å². The molecule has 19 rings (SSSR count). The van der Waals surface area contributed by atoms with E-state index in [1.54, 1.807) is 0 Å². The van der Waals surface area contributed by atoms with Crippen molar-refractivity contribution in [1.29, 1.82) is 0 Å². The normalized spacial score (nSPS) is 12.3. The Morgan fingerprint density at radius 1 is 0.256 bits per heavy atom. The monoisotopic (exact) mass is 1100 g/mol. The van der Waals surface area contributed by atoms with Crippen LogP contribution in [0.1, 0.15) is 11.1 Å². The standard InChI is InChI=1S/C80H50N4O2/c1-47-33-35-51(49-17-5-3-6-18-49)41-71(47)81(69-29-15-27-61-55-21-9-11-31-75(55)85-79(61)69)53-37-39-67-63(43-53)57-23-13-25-59-65-46-74-66(45-73(65)83(67)77(57)59)60-26-14-24-58-64-44-54(38-40-68(64)84(74)78(58)60)82(72-42-52(36-34-48(72)2)50-19-7-4-8-20-50)70-30-16-28-62-56-22-10-12-32-76(56)86-80(62)70/h3-46H,1-2H3. The van der Waals surface area contributed by atoms with Crippen molar-refractivity contribution in [3.05, 3.63) is 278 Å². The molecule has 0 unspecified atom stereocenters. The lowest BCUT2D eigenvalue weighted by atomic mass is 10.0. The first-order chi connectivity index (χ1) is 42.5. The van der Waals surface area contributed by atoms with Gasteiger partial charge in [-0.25, -0.2) is 0 Å². The number of hydrogen-bond acceptors (Lipinski definition) is 4. The fourth-order valence-corrected chi connectivity index (χ4v) is 14.7. The second-order valence-electron chi connectivity index (χ2n) is 23.3. The zero-order chi connectivity index (χ0) is 56.5. The van der Waals surface area contributed by atoms with E-state index in [2.05, 4.69) is 287 Å². The predicted octanol–water partition coefficient (Wildman–Crippen LogP) is 22.7.